The minimum Gasteiger partial charge on any atom is -0.423 e. The summed E-state index contributed by atoms with van der Waals surface area (Å²) in [7, 11) is 0. The number of carbonyl (C=O) groups is 1. The smallest absolute Gasteiger partial charge is 0.343 e. The number of hydrogen-bond donors (Lipinski definition) is 0. The first-order chi connectivity index (χ1) is 13.7. The van der Waals surface area contributed by atoms with E-state index in [2.05, 4.69) is 30.6 Å². The molecule has 0 unspecified atom stereocenters. The number of rotatable bonds is 3. The Morgan fingerprint density at radius 3 is 1.75 bits per heavy atom. The van der Waals surface area contributed by atoms with E-state index in [1.165, 1.54) is 5.56 Å². The van der Waals surface area contributed by atoms with E-state index in [0.29, 0.717) is 11.3 Å². The van der Waals surface area contributed by atoms with Crippen LogP contribution in [0, 0.1) is 23.7 Å². The maximum Gasteiger partial charge on any atom is 0.343 e. The van der Waals surface area contributed by atoms with Gasteiger partial charge in [0.2, 0.25) is 0 Å². The maximum absolute atomic E-state index is 12.2. The Labute approximate surface area is 166 Å². The highest BCUT2D eigenvalue weighted by atomic mass is 16.5. The van der Waals surface area contributed by atoms with Crippen LogP contribution >= 0.6 is 0 Å². The van der Waals surface area contributed by atoms with Crippen LogP contribution in [0.4, 0.5) is 0 Å². The van der Waals surface area contributed by atoms with Crippen LogP contribution < -0.4 is 4.74 Å². The molecular weight excluding hydrogens is 344 g/mol. The molecule has 0 atom stereocenters. The topological polar surface area (TPSA) is 26.3 Å². The highest BCUT2D eigenvalue weighted by molar-refractivity contribution is 5.91. The largest absolute Gasteiger partial charge is 0.423 e. The molecule has 2 heteroatoms. The quantitative estimate of drug-likeness (QED) is 0.361. The van der Waals surface area contributed by atoms with Crippen LogP contribution in [0.1, 0.15) is 46.5 Å². The summed E-state index contributed by atoms with van der Waals surface area (Å²) in [4.78, 5) is 12.2. The van der Waals surface area contributed by atoms with Crippen LogP contribution in [0.2, 0.25) is 0 Å². The van der Waals surface area contributed by atoms with Gasteiger partial charge in [0.1, 0.15) is 5.75 Å². The lowest BCUT2D eigenvalue weighted by atomic mass is 10.1. The normalized spacial score (nSPS) is 9.50. The number of hydrogen-bond acceptors (Lipinski definition) is 2. The number of benzene rings is 3. The van der Waals surface area contributed by atoms with Gasteiger partial charge in [0.15, 0.2) is 0 Å². The molecule has 0 aliphatic heterocycles. The highest BCUT2D eigenvalue weighted by Crippen LogP contribution is 2.15. The van der Waals surface area contributed by atoms with Gasteiger partial charge in [-0.3, -0.25) is 0 Å². The van der Waals surface area contributed by atoms with Crippen molar-refractivity contribution in [2.75, 3.05) is 0 Å². The molecule has 2 nitrogen and oxygen atoms in total. The van der Waals surface area contributed by atoms with Gasteiger partial charge in [-0.25, -0.2) is 4.79 Å². The second kappa shape index (κ2) is 9.26. The maximum atomic E-state index is 12.2. The van der Waals surface area contributed by atoms with Gasteiger partial charge in [-0.1, -0.05) is 36.8 Å². The van der Waals surface area contributed by atoms with Crippen molar-refractivity contribution in [2.24, 2.45) is 0 Å². The number of esters is 1. The fraction of sp³-hybridized carbons (Fsp3) is 0.115. The lowest BCUT2D eigenvalue weighted by Gasteiger charge is -2.05. The molecule has 3 aromatic carbocycles. The van der Waals surface area contributed by atoms with E-state index in [1.54, 1.807) is 24.3 Å². The molecule has 0 bridgehead atoms. The second-order valence-corrected chi connectivity index (χ2v) is 6.17. The standard InChI is InChI=1S/C26H20O2/c1-3-5-21-6-8-22(9-7-21)10-11-23-14-18-25(19-15-23)28-26(27)24-16-12-20(4-2)13-17-24/h6-9,12-19H,4H2,1-2H3. The number of ether oxygens (including phenoxy) is 1. The first kappa shape index (κ1) is 19.0. The SMILES string of the molecule is CC#Cc1ccc(C#Cc2ccc(OC(=O)c3ccc(CC)cc3)cc2)cc1. The zero-order valence-corrected chi connectivity index (χ0v) is 16.0. The third-order valence-electron chi connectivity index (χ3n) is 4.17. The van der Waals surface area contributed by atoms with Gasteiger partial charge < -0.3 is 4.74 Å². The lowest BCUT2D eigenvalue weighted by Crippen LogP contribution is -2.08. The molecule has 28 heavy (non-hydrogen) atoms. The molecule has 3 aromatic rings. The van der Waals surface area contributed by atoms with Crippen LogP contribution in [0.3, 0.4) is 0 Å². The van der Waals surface area contributed by atoms with Gasteiger partial charge in [0, 0.05) is 16.7 Å². The van der Waals surface area contributed by atoms with Crippen LogP contribution in [0.15, 0.2) is 72.8 Å². The van der Waals surface area contributed by atoms with Crippen molar-refractivity contribution in [1.82, 2.24) is 0 Å². The van der Waals surface area contributed by atoms with Crippen LogP contribution in [0.5, 0.6) is 5.75 Å². The van der Waals surface area contributed by atoms with E-state index in [-0.39, 0.29) is 5.97 Å². The minimum absolute atomic E-state index is 0.364. The van der Waals surface area contributed by atoms with Crippen molar-refractivity contribution in [2.45, 2.75) is 20.3 Å². The van der Waals surface area contributed by atoms with E-state index in [4.69, 9.17) is 4.74 Å². The predicted octanol–water partition coefficient (Wildman–Crippen LogP) is 5.24. The summed E-state index contributed by atoms with van der Waals surface area (Å²) in [6.07, 6.45) is 0.939. The molecule has 0 amide bonds. The summed E-state index contributed by atoms with van der Waals surface area (Å²) in [5.41, 5.74) is 4.48. The Kier molecular flexibility index (Phi) is 6.29. The average Bonchev–Trinajstić information content (AvgIpc) is 2.74. The number of carbonyl (C=O) groups excluding carboxylic acids is 1. The molecule has 0 aromatic heterocycles. The Morgan fingerprint density at radius 2 is 1.25 bits per heavy atom. The summed E-state index contributed by atoms with van der Waals surface area (Å²) in [6, 6.07) is 22.5. The van der Waals surface area contributed by atoms with Crippen LogP contribution in [-0.2, 0) is 6.42 Å². The van der Waals surface area contributed by atoms with Gasteiger partial charge in [-0.05, 0) is 79.6 Å². The third kappa shape index (κ3) is 5.13. The average molecular weight is 364 g/mol. The van der Waals surface area contributed by atoms with Crippen molar-refractivity contribution in [3.63, 3.8) is 0 Å². The van der Waals surface area contributed by atoms with Gasteiger partial charge in [-0.15, -0.1) is 5.92 Å². The van der Waals surface area contributed by atoms with E-state index in [0.717, 1.165) is 23.1 Å². The molecule has 0 heterocycles. The molecule has 136 valence electrons. The van der Waals surface area contributed by atoms with Gasteiger partial charge in [0.25, 0.3) is 0 Å². The van der Waals surface area contributed by atoms with Crippen molar-refractivity contribution in [3.05, 3.63) is 101 Å². The Morgan fingerprint density at radius 1 is 0.750 bits per heavy atom. The van der Waals surface area contributed by atoms with Gasteiger partial charge in [-0.2, -0.15) is 0 Å². The zero-order chi connectivity index (χ0) is 19.8. The Balaban J connectivity index is 1.64. The van der Waals surface area contributed by atoms with Crippen LogP contribution in [0.25, 0.3) is 0 Å². The molecule has 0 aliphatic carbocycles. The van der Waals surface area contributed by atoms with Crippen LogP contribution in [-0.4, -0.2) is 5.97 Å². The fourth-order valence-corrected chi connectivity index (χ4v) is 2.57. The van der Waals surface area contributed by atoms with Crippen molar-refractivity contribution >= 4 is 5.97 Å². The second-order valence-electron chi connectivity index (χ2n) is 6.17. The summed E-state index contributed by atoms with van der Waals surface area (Å²) < 4.78 is 5.43. The van der Waals surface area contributed by atoms with E-state index in [1.807, 2.05) is 55.5 Å². The molecule has 0 saturated carbocycles. The number of aryl methyl sites for hydroxylation is 1. The van der Waals surface area contributed by atoms with Gasteiger partial charge >= 0.3 is 5.97 Å². The zero-order valence-electron chi connectivity index (χ0n) is 16.0. The summed E-state index contributed by atoms with van der Waals surface area (Å²) in [5, 5.41) is 0. The molecule has 0 fully saturated rings. The molecular formula is C26H20O2. The predicted molar refractivity (Wildman–Crippen MR) is 112 cm³/mol. The lowest BCUT2D eigenvalue weighted by molar-refractivity contribution is 0.0734. The van der Waals surface area contributed by atoms with E-state index in [9.17, 15) is 4.79 Å². The fourth-order valence-electron chi connectivity index (χ4n) is 2.57. The minimum atomic E-state index is -0.364. The van der Waals surface area contributed by atoms with Gasteiger partial charge in [0.05, 0.1) is 5.56 Å². The monoisotopic (exact) mass is 364 g/mol. The first-order valence-corrected chi connectivity index (χ1v) is 9.14. The van der Waals surface area contributed by atoms with Crippen molar-refractivity contribution < 1.29 is 9.53 Å². The highest BCUT2D eigenvalue weighted by Gasteiger charge is 2.08. The van der Waals surface area contributed by atoms with E-state index < -0.39 is 0 Å². The summed E-state index contributed by atoms with van der Waals surface area (Å²) in [5.74, 6) is 12.2. The molecule has 0 saturated heterocycles. The summed E-state index contributed by atoms with van der Waals surface area (Å²) >= 11 is 0. The molecule has 0 spiro atoms. The molecule has 0 aliphatic rings. The van der Waals surface area contributed by atoms with E-state index >= 15 is 0 Å². The summed E-state index contributed by atoms with van der Waals surface area (Å²) in [6.45, 7) is 3.89. The molecule has 3 rings (SSSR count). The van der Waals surface area contributed by atoms with Crippen molar-refractivity contribution in [3.8, 4) is 29.4 Å². The van der Waals surface area contributed by atoms with Crippen molar-refractivity contribution in [1.29, 1.82) is 0 Å². The molecule has 0 N–H and O–H groups in total. The Hall–Kier alpha value is -3.75. The Bertz CT molecular complexity index is 1070. The first-order valence-electron chi connectivity index (χ1n) is 9.14. The molecule has 0 radical (unpaired) electrons. The third-order valence-corrected chi connectivity index (χ3v) is 4.17.